The number of anilines is 1. The zero-order valence-electron chi connectivity index (χ0n) is 11.4. The standard InChI is InChI=1S/C13H12BrClN4O2/c1-8-11(19(20)21)12(17-13(15)16-8)18(2)7-9-4-3-5-10(14)6-9/h3-6H,7H2,1-2H3. The lowest BCUT2D eigenvalue weighted by atomic mass is 10.2. The van der Waals surface area contributed by atoms with Crippen LogP contribution in [0, 0.1) is 17.0 Å². The van der Waals surface area contributed by atoms with Crippen LogP contribution >= 0.6 is 27.5 Å². The largest absolute Gasteiger partial charge is 0.349 e. The maximum Gasteiger partial charge on any atom is 0.332 e. The van der Waals surface area contributed by atoms with E-state index >= 15 is 0 Å². The van der Waals surface area contributed by atoms with Gasteiger partial charge in [0.25, 0.3) is 0 Å². The van der Waals surface area contributed by atoms with Crippen molar-refractivity contribution in [2.45, 2.75) is 13.5 Å². The summed E-state index contributed by atoms with van der Waals surface area (Å²) in [5, 5.41) is 11.2. The molecule has 0 radical (unpaired) electrons. The van der Waals surface area contributed by atoms with E-state index < -0.39 is 4.92 Å². The third-order valence-electron chi connectivity index (χ3n) is 2.87. The van der Waals surface area contributed by atoms with Crippen molar-refractivity contribution in [3.8, 4) is 0 Å². The van der Waals surface area contributed by atoms with Crippen LogP contribution < -0.4 is 4.90 Å². The highest BCUT2D eigenvalue weighted by Gasteiger charge is 2.24. The Morgan fingerprint density at radius 2 is 2.14 bits per heavy atom. The van der Waals surface area contributed by atoms with Gasteiger partial charge in [-0.1, -0.05) is 28.1 Å². The van der Waals surface area contributed by atoms with Crippen molar-refractivity contribution in [1.29, 1.82) is 0 Å². The fraction of sp³-hybridized carbons (Fsp3) is 0.231. The average Bonchev–Trinajstić information content (AvgIpc) is 2.37. The fourth-order valence-electron chi connectivity index (χ4n) is 1.98. The van der Waals surface area contributed by atoms with Gasteiger partial charge in [0.05, 0.1) is 4.92 Å². The predicted octanol–water partition coefficient (Wildman–Crippen LogP) is 3.75. The van der Waals surface area contributed by atoms with Crippen LogP contribution in [0.2, 0.25) is 5.28 Å². The molecular weight excluding hydrogens is 360 g/mol. The lowest BCUT2D eigenvalue weighted by Crippen LogP contribution is -2.20. The summed E-state index contributed by atoms with van der Waals surface area (Å²) in [5.74, 6) is 0.206. The summed E-state index contributed by atoms with van der Waals surface area (Å²) >= 11 is 9.22. The molecule has 0 spiro atoms. The van der Waals surface area contributed by atoms with Gasteiger partial charge in [-0.3, -0.25) is 10.1 Å². The van der Waals surface area contributed by atoms with Crippen molar-refractivity contribution in [2.24, 2.45) is 0 Å². The van der Waals surface area contributed by atoms with Crippen LogP contribution in [0.15, 0.2) is 28.7 Å². The first-order chi connectivity index (χ1) is 9.88. The second-order valence-corrected chi connectivity index (χ2v) is 5.75. The Hall–Kier alpha value is -1.73. The van der Waals surface area contributed by atoms with Crippen molar-refractivity contribution in [2.75, 3.05) is 11.9 Å². The molecule has 8 heteroatoms. The summed E-state index contributed by atoms with van der Waals surface area (Å²) in [6.45, 7) is 2.01. The van der Waals surface area contributed by atoms with Crippen LogP contribution in [0.1, 0.15) is 11.3 Å². The smallest absolute Gasteiger partial charge is 0.332 e. The minimum absolute atomic E-state index is 0.00538. The highest BCUT2D eigenvalue weighted by atomic mass is 79.9. The lowest BCUT2D eigenvalue weighted by Gasteiger charge is -2.18. The quantitative estimate of drug-likeness (QED) is 0.465. The third-order valence-corrected chi connectivity index (χ3v) is 3.53. The number of nitro groups is 1. The van der Waals surface area contributed by atoms with Crippen molar-refractivity contribution in [3.05, 3.63) is 55.4 Å². The fourth-order valence-corrected chi connectivity index (χ4v) is 2.64. The second-order valence-electron chi connectivity index (χ2n) is 4.49. The van der Waals surface area contributed by atoms with E-state index in [0.29, 0.717) is 6.54 Å². The SMILES string of the molecule is Cc1nc(Cl)nc(N(C)Cc2cccc(Br)c2)c1[N+](=O)[O-]. The zero-order valence-corrected chi connectivity index (χ0v) is 13.7. The summed E-state index contributed by atoms with van der Waals surface area (Å²) in [4.78, 5) is 20.2. The average molecular weight is 372 g/mol. The molecule has 0 amide bonds. The van der Waals surface area contributed by atoms with Gasteiger partial charge in [-0.15, -0.1) is 0 Å². The summed E-state index contributed by atoms with van der Waals surface area (Å²) in [5.41, 5.74) is 1.11. The van der Waals surface area contributed by atoms with Gasteiger partial charge in [0.1, 0.15) is 5.69 Å². The summed E-state index contributed by atoms with van der Waals surface area (Å²) < 4.78 is 0.944. The first-order valence-electron chi connectivity index (χ1n) is 6.02. The summed E-state index contributed by atoms with van der Waals surface area (Å²) in [7, 11) is 1.73. The molecule has 6 nitrogen and oxygen atoms in total. The second kappa shape index (κ2) is 6.36. The predicted molar refractivity (Wildman–Crippen MR) is 84.7 cm³/mol. The van der Waals surface area contributed by atoms with Crippen LogP contribution in [0.25, 0.3) is 0 Å². The molecule has 0 atom stereocenters. The molecule has 0 N–H and O–H groups in total. The molecule has 1 aromatic heterocycles. The Balaban J connectivity index is 2.39. The highest BCUT2D eigenvalue weighted by molar-refractivity contribution is 9.10. The van der Waals surface area contributed by atoms with Gasteiger partial charge in [-0.05, 0) is 36.2 Å². The topological polar surface area (TPSA) is 72.2 Å². The van der Waals surface area contributed by atoms with Crippen LogP contribution in [0.3, 0.4) is 0 Å². The molecule has 0 saturated heterocycles. The molecule has 0 aliphatic carbocycles. The Labute approximate surface area is 135 Å². The van der Waals surface area contributed by atoms with Gasteiger partial charge in [0.2, 0.25) is 11.1 Å². The molecular formula is C13H12BrClN4O2. The number of aromatic nitrogens is 2. The van der Waals surface area contributed by atoms with E-state index in [1.807, 2.05) is 24.3 Å². The monoisotopic (exact) mass is 370 g/mol. The van der Waals surface area contributed by atoms with E-state index in [1.54, 1.807) is 18.9 Å². The Morgan fingerprint density at radius 1 is 1.43 bits per heavy atom. The molecule has 0 aliphatic heterocycles. The van der Waals surface area contributed by atoms with Gasteiger partial charge in [-0.2, -0.15) is 4.98 Å². The van der Waals surface area contributed by atoms with E-state index in [1.165, 1.54) is 0 Å². The van der Waals surface area contributed by atoms with Crippen LogP contribution in [-0.4, -0.2) is 21.9 Å². The number of benzene rings is 1. The van der Waals surface area contributed by atoms with Gasteiger partial charge < -0.3 is 4.90 Å². The third kappa shape index (κ3) is 3.68. The molecule has 0 fully saturated rings. The first kappa shape index (κ1) is 15.7. The summed E-state index contributed by atoms with van der Waals surface area (Å²) in [6.07, 6.45) is 0. The minimum atomic E-state index is -0.488. The van der Waals surface area contributed by atoms with Gasteiger partial charge in [-0.25, -0.2) is 4.98 Å². The first-order valence-corrected chi connectivity index (χ1v) is 7.19. The molecule has 0 unspecified atom stereocenters. The lowest BCUT2D eigenvalue weighted by molar-refractivity contribution is -0.385. The Morgan fingerprint density at radius 3 is 2.76 bits per heavy atom. The Kier molecular flexibility index (Phi) is 4.74. The van der Waals surface area contributed by atoms with Gasteiger partial charge >= 0.3 is 5.69 Å². The zero-order chi connectivity index (χ0) is 15.6. The molecule has 1 aromatic carbocycles. The molecule has 2 aromatic rings. The van der Waals surface area contributed by atoms with Gasteiger partial charge in [0.15, 0.2) is 0 Å². The minimum Gasteiger partial charge on any atom is -0.349 e. The highest BCUT2D eigenvalue weighted by Crippen LogP contribution is 2.30. The molecule has 2 rings (SSSR count). The summed E-state index contributed by atoms with van der Waals surface area (Å²) in [6, 6.07) is 7.69. The Bertz CT molecular complexity index is 696. The molecule has 0 saturated carbocycles. The number of hydrogen-bond donors (Lipinski definition) is 0. The number of hydrogen-bond acceptors (Lipinski definition) is 5. The number of aryl methyl sites for hydroxylation is 1. The van der Waals surface area contributed by atoms with Crippen molar-refractivity contribution < 1.29 is 4.92 Å². The molecule has 0 bridgehead atoms. The molecule has 0 aliphatic rings. The van der Waals surface area contributed by atoms with Crippen LogP contribution in [0.4, 0.5) is 11.5 Å². The number of nitrogens with zero attached hydrogens (tertiary/aromatic N) is 4. The molecule has 21 heavy (non-hydrogen) atoms. The molecule has 110 valence electrons. The van der Waals surface area contributed by atoms with Gasteiger partial charge in [0, 0.05) is 18.1 Å². The van der Waals surface area contributed by atoms with E-state index in [0.717, 1.165) is 10.0 Å². The maximum atomic E-state index is 11.2. The van der Waals surface area contributed by atoms with E-state index in [9.17, 15) is 10.1 Å². The van der Waals surface area contributed by atoms with E-state index in [2.05, 4.69) is 25.9 Å². The number of halogens is 2. The normalized spacial score (nSPS) is 10.5. The van der Waals surface area contributed by atoms with Crippen molar-refractivity contribution in [3.63, 3.8) is 0 Å². The van der Waals surface area contributed by atoms with Crippen molar-refractivity contribution >= 4 is 39.0 Å². The van der Waals surface area contributed by atoms with E-state index in [-0.39, 0.29) is 22.5 Å². The maximum absolute atomic E-state index is 11.2. The van der Waals surface area contributed by atoms with E-state index in [4.69, 9.17) is 11.6 Å². The van der Waals surface area contributed by atoms with Crippen LogP contribution in [-0.2, 0) is 6.54 Å². The van der Waals surface area contributed by atoms with Crippen LogP contribution in [0.5, 0.6) is 0 Å². The number of rotatable bonds is 4. The van der Waals surface area contributed by atoms with Crippen molar-refractivity contribution in [1.82, 2.24) is 9.97 Å². The molecule has 1 heterocycles.